The number of halogens is 4. The summed E-state index contributed by atoms with van der Waals surface area (Å²) in [5.74, 6) is -4.02. The van der Waals surface area contributed by atoms with E-state index >= 15 is 0 Å². The average Bonchev–Trinajstić information content (AvgIpc) is 2.42. The zero-order valence-corrected chi connectivity index (χ0v) is 10.6. The van der Waals surface area contributed by atoms with Gasteiger partial charge in [0.25, 0.3) is 0 Å². The Morgan fingerprint density at radius 2 is 1.62 bits per heavy atom. The molecule has 1 aliphatic heterocycles. The van der Waals surface area contributed by atoms with E-state index in [-0.39, 0.29) is 17.7 Å². The number of fused-ring (bicyclic) bond motifs is 1. The minimum Gasteiger partial charge on any atom is -0.485 e. The molecule has 1 N–H and O–H groups in total. The Labute approximate surface area is 117 Å². The molecule has 0 saturated heterocycles. The first-order chi connectivity index (χ1) is 9.95. The third-order valence-corrected chi connectivity index (χ3v) is 3.43. The molecule has 0 spiro atoms. The summed E-state index contributed by atoms with van der Waals surface area (Å²) in [4.78, 5) is 0. The van der Waals surface area contributed by atoms with Gasteiger partial charge < -0.3 is 9.84 Å². The van der Waals surface area contributed by atoms with Crippen LogP contribution in [0.2, 0.25) is 0 Å². The van der Waals surface area contributed by atoms with Crippen LogP contribution in [0.15, 0.2) is 30.3 Å². The summed E-state index contributed by atoms with van der Waals surface area (Å²) in [5, 5.41) is 10.0. The normalized spacial score (nSPS) is 20.8. The van der Waals surface area contributed by atoms with Crippen molar-refractivity contribution in [1.29, 1.82) is 0 Å². The Morgan fingerprint density at radius 1 is 0.905 bits per heavy atom. The minimum atomic E-state index is -1.31. The highest BCUT2D eigenvalue weighted by Gasteiger charge is 2.30. The molecule has 2 aromatic carbocycles. The van der Waals surface area contributed by atoms with Crippen molar-refractivity contribution in [2.75, 3.05) is 0 Å². The van der Waals surface area contributed by atoms with Crippen molar-refractivity contribution in [1.82, 2.24) is 0 Å². The molecule has 1 heterocycles. The second-order valence-electron chi connectivity index (χ2n) is 4.83. The van der Waals surface area contributed by atoms with E-state index < -0.39 is 35.5 Å². The SMILES string of the molecule is OC1CC(c2cc(F)c(F)cc2F)Oc2cc(F)ccc21. The first kappa shape index (κ1) is 13.9. The standard InChI is InChI=1S/C15H10F4O2/c16-7-1-2-8-13(20)6-15(21-14(8)3-7)9-4-11(18)12(19)5-10(9)17/h1-5,13,15,20H,6H2. The van der Waals surface area contributed by atoms with Crippen LogP contribution in [0.25, 0.3) is 0 Å². The van der Waals surface area contributed by atoms with Crippen LogP contribution in [0.3, 0.4) is 0 Å². The molecule has 1 aliphatic rings. The average molecular weight is 298 g/mol. The second-order valence-corrected chi connectivity index (χ2v) is 4.83. The Kier molecular flexibility index (Phi) is 3.33. The first-order valence-electron chi connectivity index (χ1n) is 6.24. The van der Waals surface area contributed by atoms with Gasteiger partial charge in [-0.2, -0.15) is 0 Å². The third kappa shape index (κ3) is 2.47. The maximum atomic E-state index is 13.8. The van der Waals surface area contributed by atoms with Crippen LogP contribution >= 0.6 is 0 Å². The van der Waals surface area contributed by atoms with Gasteiger partial charge in [-0.05, 0) is 18.2 Å². The van der Waals surface area contributed by atoms with Gasteiger partial charge in [0.05, 0.1) is 6.10 Å². The van der Waals surface area contributed by atoms with Gasteiger partial charge >= 0.3 is 0 Å². The molecular weight excluding hydrogens is 288 g/mol. The summed E-state index contributed by atoms with van der Waals surface area (Å²) in [5.41, 5.74) is 0.151. The van der Waals surface area contributed by atoms with Gasteiger partial charge in [-0.25, -0.2) is 17.6 Å². The fourth-order valence-corrected chi connectivity index (χ4v) is 2.39. The summed E-state index contributed by atoms with van der Waals surface area (Å²) in [7, 11) is 0. The van der Waals surface area contributed by atoms with Crippen LogP contribution in [-0.2, 0) is 0 Å². The second kappa shape index (κ2) is 5.04. The lowest BCUT2D eigenvalue weighted by Crippen LogP contribution is -2.20. The molecule has 0 bridgehead atoms. The molecule has 0 fully saturated rings. The number of aliphatic hydroxyl groups excluding tert-OH is 1. The molecule has 0 aliphatic carbocycles. The van der Waals surface area contributed by atoms with Crippen LogP contribution in [0.1, 0.15) is 29.8 Å². The van der Waals surface area contributed by atoms with Crippen molar-refractivity contribution < 1.29 is 27.4 Å². The van der Waals surface area contributed by atoms with Crippen molar-refractivity contribution in [3.63, 3.8) is 0 Å². The molecule has 0 aromatic heterocycles. The molecule has 21 heavy (non-hydrogen) atoms. The maximum Gasteiger partial charge on any atom is 0.161 e. The number of ether oxygens (including phenoxy) is 1. The van der Waals surface area contributed by atoms with Crippen molar-refractivity contribution in [3.8, 4) is 5.75 Å². The van der Waals surface area contributed by atoms with E-state index in [1.165, 1.54) is 12.1 Å². The lowest BCUT2D eigenvalue weighted by molar-refractivity contribution is 0.0634. The summed E-state index contributed by atoms with van der Waals surface area (Å²) < 4.78 is 58.6. The quantitative estimate of drug-likeness (QED) is 0.641. The topological polar surface area (TPSA) is 29.5 Å². The molecule has 2 atom stereocenters. The van der Waals surface area contributed by atoms with Crippen LogP contribution in [-0.4, -0.2) is 5.11 Å². The van der Waals surface area contributed by atoms with E-state index in [4.69, 9.17) is 4.74 Å². The van der Waals surface area contributed by atoms with E-state index in [9.17, 15) is 22.7 Å². The van der Waals surface area contributed by atoms with E-state index in [0.29, 0.717) is 17.7 Å². The number of rotatable bonds is 1. The van der Waals surface area contributed by atoms with Gasteiger partial charge in [0.2, 0.25) is 0 Å². The third-order valence-electron chi connectivity index (χ3n) is 3.43. The number of aliphatic hydroxyl groups is 1. The number of hydrogen-bond acceptors (Lipinski definition) is 2. The van der Waals surface area contributed by atoms with E-state index in [1.807, 2.05) is 0 Å². The number of hydrogen-bond donors (Lipinski definition) is 1. The molecule has 0 saturated carbocycles. The van der Waals surface area contributed by atoms with E-state index in [0.717, 1.165) is 6.07 Å². The fourth-order valence-electron chi connectivity index (χ4n) is 2.39. The zero-order chi connectivity index (χ0) is 15.1. The molecule has 2 unspecified atom stereocenters. The number of benzene rings is 2. The zero-order valence-electron chi connectivity index (χ0n) is 10.6. The van der Waals surface area contributed by atoms with Gasteiger partial charge in [0, 0.05) is 29.7 Å². The molecule has 0 amide bonds. The summed E-state index contributed by atoms with van der Waals surface area (Å²) in [6.07, 6.45) is -2.07. The summed E-state index contributed by atoms with van der Waals surface area (Å²) in [6, 6.07) is 4.70. The highest BCUT2D eigenvalue weighted by molar-refractivity contribution is 5.39. The molecule has 2 aromatic rings. The molecule has 0 radical (unpaired) electrons. The molecule has 3 rings (SSSR count). The summed E-state index contributed by atoms with van der Waals surface area (Å²) in [6.45, 7) is 0. The Bertz CT molecular complexity index is 702. The monoisotopic (exact) mass is 298 g/mol. The van der Waals surface area contributed by atoms with Crippen molar-refractivity contribution in [3.05, 3.63) is 64.7 Å². The van der Waals surface area contributed by atoms with Crippen LogP contribution in [0.4, 0.5) is 17.6 Å². The fraction of sp³-hybridized carbons (Fsp3) is 0.200. The Balaban J connectivity index is 2.01. The minimum absolute atomic E-state index is 0.0410. The van der Waals surface area contributed by atoms with Crippen molar-refractivity contribution >= 4 is 0 Å². The Morgan fingerprint density at radius 3 is 2.38 bits per heavy atom. The highest BCUT2D eigenvalue weighted by atomic mass is 19.2. The summed E-state index contributed by atoms with van der Waals surface area (Å²) >= 11 is 0. The van der Waals surface area contributed by atoms with Gasteiger partial charge in [-0.3, -0.25) is 0 Å². The van der Waals surface area contributed by atoms with Gasteiger partial charge in [-0.1, -0.05) is 0 Å². The smallest absolute Gasteiger partial charge is 0.161 e. The lowest BCUT2D eigenvalue weighted by atomic mass is 9.94. The van der Waals surface area contributed by atoms with Crippen molar-refractivity contribution in [2.45, 2.75) is 18.6 Å². The van der Waals surface area contributed by atoms with Crippen LogP contribution < -0.4 is 4.74 Å². The van der Waals surface area contributed by atoms with Gasteiger partial charge in [0.1, 0.15) is 23.5 Å². The van der Waals surface area contributed by atoms with Gasteiger partial charge in [0.15, 0.2) is 11.6 Å². The van der Waals surface area contributed by atoms with E-state index in [2.05, 4.69) is 0 Å². The maximum absolute atomic E-state index is 13.8. The first-order valence-corrected chi connectivity index (χ1v) is 6.24. The molecule has 110 valence electrons. The van der Waals surface area contributed by atoms with E-state index in [1.54, 1.807) is 0 Å². The molecular formula is C15H10F4O2. The van der Waals surface area contributed by atoms with Gasteiger partial charge in [-0.15, -0.1) is 0 Å². The van der Waals surface area contributed by atoms with Crippen LogP contribution in [0.5, 0.6) is 5.75 Å². The Hall–Kier alpha value is -2.08. The predicted molar refractivity (Wildman–Crippen MR) is 65.7 cm³/mol. The lowest BCUT2D eigenvalue weighted by Gasteiger charge is -2.30. The van der Waals surface area contributed by atoms with Crippen molar-refractivity contribution in [2.24, 2.45) is 0 Å². The highest BCUT2D eigenvalue weighted by Crippen LogP contribution is 2.41. The largest absolute Gasteiger partial charge is 0.485 e. The predicted octanol–water partition coefficient (Wildman–Crippen LogP) is 3.80. The molecule has 2 nitrogen and oxygen atoms in total. The molecule has 6 heteroatoms. The van der Waals surface area contributed by atoms with Crippen LogP contribution in [0, 0.1) is 23.3 Å².